The number of carbonyl (C=O) groups is 1. The Morgan fingerprint density at radius 2 is 1.88 bits per heavy atom. The van der Waals surface area contributed by atoms with E-state index in [0.29, 0.717) is 19.2 Å². The molecule has 5 heteroatoms. The summed E-state index contributed by atoms with van der Waals surface area (Å²) in [4.78, 5) is 14.3. The molecule has 3 rings (SSSR count). The minimum Gasteiger partial charge on any atom is -0.494 e. The standard InChI is InChI=1S/C19H25N3O2/c1-2-24-18-8-4-3-7-16(18)15-20-19(23)22-13-9-17(10-14-22)21-11-5-6-12-21/h3-8,11-12,17H,2,9-10,13-15H2,1H3,(H,20,23). The molecular formula is C19H25N3O2. The smallest absolute Gasteiger partial charge is 0.317 e. The third kappa shape index (κ3) is 3.91. The maximum absolute atomic E-state index is 12.4. The SMILES string of the molecule is CCOc1ccccc1CNC(=O)N1CCC(n2cccc2)CC1. The van der Waals surface area contributed by atoms with Gasteiger partial charge in [0.2, 0.25) is 0 Å². The first-order valence-electron chi connectivity index (χ1n) is 8.64. The number of hydrogen-bond donors (Lipinski definition) is 1. The number of amides is 2. The maximum Gasteiger partial charge on any atom is 0.317 e. The number of nitrogens with zero attached hydrogens (tertiary/aromatic N) is 2. The maximum atomic E-state index is 12.4. The Labute approximate surface area is 143 Å². The van der Waals surface area contributed by atoms with Gasteiger partial charge in [-0.25, -0.2) is 4.79 Å². The number of para-hydroxylation sites is 1. The fraction of sp³-hybridized carbons (Fsp3) is 0.421. The summed E-state index contributed by atoms with van der Waals surface area (Å²) in [5.74, 6) is 0.839. The summed E-state index contributed by atoms with van der Waals surface area (Å²) in [6, 6.07) is 12.4. The third-order valence-corrected chi connectivity index (χ3v) is 4.50. The normalized spacial score (nSPS) is 15.3. The van der Waals surface area contributed by atoms with Crippen LogP contribution in [0.4, 0.5) is 4.79 Å². The molecule has 24 heavy (non-hydrogen) atoms. The summed E-state index contributed by atoms with van der Waals surface area (Å²) in [5, 5.41) is 3.02. The molecule has 1 aromatic carbocycles. The second kappa shape index (κ2) is 7.90. The lowest BCUT2D eigenvalue weighted by atomic mass is 10.1. The highest BCUT2D eigenvalue weighted by Crippen LogP contribution is 2.23. The number of urea groups is 1. The molecule has 0 unspecified atom stereocenters. The molecule has 0 bridgehead atoms. The number of carbonyl (C=O) groups excluding carboxylic acids is 1. The van der Waals surface area contributed by atoms with Gasteiger partial charge in [0, 0.05) is 43.6 Å². The Bertz CT molecular complexity index is 646. The van der Waals surface area contributed by atoms with Crippen LogP contribution in [0.25, 0.3) is 0 Å². The molecule has 0 aliphatic carbocycles. The first-order valence-corrected chi connectivity index (χ1v) is 8.64. The van der Waals surface area contributed by atoms with E-state index in [9.17, 15) is 4.79 Å². The molecule has 1 aromatic heterocycles. The number of aromatic nitrogens is 1. The van der Waals surface area contributed by atoms with E-state index in [1.54, 1.807) is 0 Å². The van der Waals surface area contributed by atoms with E-state index in [2.05, 4.69) is 34.4 Å². The molecule has 5 nitrogen and oxygen atoms in total. The second-order valence-corrected chi connectivity index (χ2v) is 6.05. The second-order valence-electron chi connectivity index (χ2n) is 6.05. The van der Waals surface area contributed by atoms with Crippen molar-refractivity contribution in [2.45, 2.75) is 32.4 Å². The molecule has 0 radical (unpaired) electrons. The average molecular weight is 327 g/mol. The van der Waals surface area contributed by atoms with E-state index in [1.807, 2.05) is 36.1 Å². The highest BCUT2D eigenvalue weighted by Gasteiger charge is 2.23. The average Bonchev–Trinajstić information content (AvgIpc) is 3.16. The Kier molecular flexibility index (Phi) is 5.41. The van der Waals surface area contributed by atoms with E-state index in [0.717, 1.165) is 37.2 Å². The van der Waals surface area contributed by atoms with Crippen LogP contribution < -0.4 is 10.1 Å². The summed E-state index contributed by atoms with van der Waals surface area (Å²) in [6.45, 7) is 4.66. The quantitative estimate of drug-likeness (QED) is 0.914. The first-order chi connectivity index (χ1) is 11.8. The Morgan fingerprint density at radius 1 is 1.17 bits per heavy atom. The number of ether oxygens (including phenoxy) is 1. The van der Waals surface area contributed by atoms with Gasteiger partial charge >= 0.3 is 6.03 Å². The summed E-state index contributed by atoms with van der Waals surface area (Å²) < 4.78 is 7.85. The van der Waals surface area contributed by atoms with Crippen LogP contribution >= 0.6 is 0 Å². The number of hydrogen-bond acceptors (Lipinski definition) is 2. The van der Waals surface area contributed by atoms with Crippen molar-refractivity contribution in [1.29, 1.82) is 0 Å². The molecule has 2 aromatic rings. The first kappa shape index (κ1) is 16.4. The zero-order valence-electron chi connectivity index (χ0n) is 14.1. The van der Waals surface area contributed by atoms with Crippen molar-refractivity contribution in [3.63, 3.8) is 0 Å². The lowest BCUT2D eigenvalue weighted by molar-refractivity contribution is 0.171. The van der Waals surface area contributed by atoms with Crippen molar-refractivity contribution in [2.75, 3.05) is 19.7 Å². The summed E-state index contributed by atoms with van der Waals surface area (Å²) in [5.41, 5.74) is 1.01. The molecule has 0 spiro atoms. The van der Waals surface area contributed by atoms with Gasteiger partial charge in [0.25, 0.3) is 0 Å². The van der Waals surface area contributed by atoms with Crippen LogP contribution in [0.1, 0.15) is 31.4 Å². The van der Waals surface area contributed by atoms with E-state index in [-0.39, 0.29) is 6.03 Å². The van der Waals surface area contributed by atoms with Gasteiger partial charge in [0.15, 0.2) is 0 Å². The molecule has 2 amide bonds. The van der Waals surface area contributed by atoms with Gasteiger partial charge in [0.05, 0.1) is 6.61 Å². The van der Waals surface area contributed by atoms with Crippen LogP contribution in [0, 0.1) is 0 Å². The van der Waals surface area contributed by atoms with Gasteiger partial charge < -0.3 is 19.5 Å². The summed E-state index contributed by atoms with van der Waals surface area (Å²) >= 11 is 0. The fourth-order valence-corrected chi connectivity index (χ4v) is 3.19. The lowest BCUT2D eigenvalue weighted by Crippen LogP contribution is -2.44. The molecule has 0 atom stereocenters. The molecular weight excluding hydrogens is 302 g/mol. The van der Waals surface area contributed by atoms with Crippen molar-refractivity contribution in [2.24, 2.45) is 0 Å². The van der Waals surface area contributed by atoms with E-state index in [1.165, 1.54) is 0 Å². The minimum absolute atomic E-state index is 0.00672. The predicted molar refractivity (Wildman–Crippen MR) is 94.1 cm³/mol. The molecule has 2 heterocycles. The van der Waals surface area contributed by atoms with Gasteiger partial charge in [0.1, 0.15) is 5.75 Å². The highest BCUT2D eigenvalue weighted by atomic mass is 16.5. The van der Waals surface area contributed by atoms with Crippen LogP contribution in [0.3, 0.4) is 0 Å². The number of piperidine rings is 1. The Balaban J connectivity index is 1.50. The molecule has 0 saturated carbocycles. The Morgan fingerprint density at radius 3 is 2.58 bits per heavy atom. The van der Waals surface area contributed by atoms with Crippen molar-refractivity contribution < 1.29 is 9.53 Å². The summed E-state index contributed by atoms with van der Waals surface area (Å²) in [6.07, 6.45) is 6.20. The van der Waals surface area contributed by atoms with Gasteiger partial charge in [-0.15, -0.1) is 0 Å². The van der Waals surface area contributed by atoms with Crippen molar-refractivity contribution in [1.82, 2.24) is 14.8 Å². The summed E-state index contributed by atoms with van der Waals surface area (Å²) in [7, 11) is 0. The predicted octanol–water partition coefficient (Wildman–Crippen LogP) is 3.43. The molecule has 1 N–H and O–H groups in total. The largest absolute Gasteiger partial charge is 0.494 e. The van der Waals surface area contributed by atoms with E-state index >= 15 is 0 Å². The van der Waals surface area contributed by atoms with Gasteiger partial charge in [-0.05, 0) is 38.0 Å². The van der Waals surface area contributed by atoms with Gasteiger partial charge in [-0.1, -0.05) is 18.2 Å². The van der Waals surface area contributed by atoms with Crippen molar-refractivity contribution in [3.05, 3.63) is 54.4 Å². The third-order valence-electron chi connectivity index (χ3n) is 4.50. The molecule has 1 saturated heterocycles. The van der Waals surface area contributed by atoms with E-state index in [4.69, 9.17) is 4.74 Å². The van der Waals surface area contributed by atoms with Gasteiger partial charge in [-0.3, -0.25) is 0 Å². The van der Waals surface area contributed by atoms with Crippen molar-refractivity contribution in [3.8, 4) is 5.75 Å². The van der Waals surface area contributed by atoms with Crippen molar-refractivity contribution >= 4 is 6.03 Å². The molecule has 1 fully saturated rings. The molecule has 1 aliphatic heterocycles. The molecule has 128 valence electrons. The van der Waals surface area contributed by atoms with Crippen LogP contribution in [-0.2, 0) is 6.54 Å². The van der Waals surface area contributed by atoms with Crippen LogP contribution in [0.15, 0.2) is 48.8 Å². The lowest BCUT2D eigenvalue weighted by Gasteiger charge is -2.32. The fourth-order valence-electron chi connectivity index (χ4n) is 3.19. The number of benzene rings is 1. The van der Waals surface area contributed by atoms with Crippen LogP contribution in [0.2, 0.25) is 0 Å². The zero-order chi connectivity index (χ0) is 16.8. The number of nitrogens with one attached hydrogen (secondary N) is 1. The Hall–Kier alpha value is -2.43. The van der Waals surface area contributed by atoms with Gasteiger partial charge in [-0.2, -0.15) is 0 Å². The highest BCUT2D eigenvalue weighted by molar-refractivity contribution is 5.74. The monoisotopic (exact) mass is 327 g/mol. The number of likely N-dealkylation sites (tertiary alicyclic amines) is 1. The number of rotatable bonds is 5. The van der Waals surface area contributed by atoms with Crippen LogP contribution in [0.5, 0.6) is 5.75 Å². The van der Waals surface area contributed by atoms with Crippen LogP contribution in [-0.4, -0.2) is 35.2 Å². The topological polar surface area (TPSA) is 46.5 Å². The van der Waals surface area contributed by atoms with E-state index < -0.39 is 0 Å². The minimum atomic E-state index is 0.00672. The molecule has 1 aliphatic rings. The zero-order valence-corrected chi connectivity index (χ0v) is 14.1.